The fraction of sp³-hybridized carbons (Fsp3) is 0.533. The van der Waals surface area contributed by atoms with Crippen LogP contribution in [0.5, 0.6) is 0 Å². The van der Waals surface area contributed by atoms with Gasteiger partial charge >= 0.3 is 0 Å². The van der Waals surface area contributed by atoms with E-state index in [9.17, 15) is 9.59 Å². The van der Waals surface area contributed by atoms with Crippen molar-refractivity contribution < 1.29 is 14.4 Å². The Morgan fingerprint density at radius 3 is 3.04 bits per heavy atom. The minimum atomic E-state index is -0.209. The van der Waals surface area contributed by atoms with Crippen molar-refractivity contribution in [1.82, 2.24) is 19.7 Å². The molecule has 122 valence electrons. The molecule has 2 aromatic rings. The van der Waals surface area contributed by atoms with Crippen molar-refractivity contribution in [2.24, 2.45) is 5.92 Å². The van der Waals surface area contributed by atoms with E-state index < -0.39 is 0 Å². The highest BCUT2D eigenvalue weighted by Crippen LogP contribution is 2.27. The molecule has 4 rings (SSSR count). The molecule has 4 heterocycles. The summed E-state index contributed by atoms with van der Waals surface area (Å²) in [6.45, 7) is 5.47. The number of hydrogen-bond donors (Lipinski definition) is 1. The maximum atomic E-state index is 12.5. The molecule has 0 bridgehead atoms. The van der Waals surface area contributed by atoms with E-state index in [0.717, 1.165) is 17.0 Å². The summed E-state index contributed by atoms with van der Waals surface area (Å²) >= 11 is 0. The van der Waals surface area contributed by atoms with Gasteiger partial charge in [0.25, 0.3) is 11.5 Å². The summed E-state index contributed by atoms with van der Waals surface area (Å²) in [5.41, 5.74) is 2.72. The van der Waals surface area contributed by atoms with Crippen molar-refractivity contribution in [3.8, 4) is 0 Å². The molecule has 2 atom stereocenters. The zero-order valence-electron chi connectivity index (χ0n) is 13.0. The van der Waals surface area contributed by atoms with E-state index in [-0.39, 0.29) is 29.9 Å². The van der Waals surface area contributed by atoms with Gasteiger partial charge in [0.05, 0.1) is 26.2 Å². The molecule has 23 heavy (non-hydrogen) atoms. The molecule has 0 aliphatic carbocycles. The molecule has 8 nitrogen and oxygen atoms in total. The number of ether oxygens (including phenoxy) is 1. The predicted octanol–water partition coefficient (Wildman–Crippen LogP) is -0.0293. The van der Waals surface area contributed by atoms with Crippen LogP contribution in [-0.2, 0) is 20.8 Å². The molecule has 0 unspecified atom stereocenters. The molecule has 1 N–H and O–H groups in total. The van der Waals surface area contributed by atoms with Gasteiger partial charge in [0.2, 0.25) is 0 Å². The van der Waals surface area contributed by atoms with Crippen molar-refractivity contribution in [3.05, 3.63) is 33.4 Å². The molecular weight excluding hydrogens is 300 g/mol. The SMILES string of the molecule is Cc1nc2cc(=O)[nH]n2c(C)c1CC(=O)N1C[C@@H]2COC[C@@H]2O1. The van der Waals surface area contributed by atoms with E-state index >= 15 is 0 Å². The summed E-state index contributed by atoms with van der Waals surface area (Å²) in [5.74, 6) is 0.170. The molecule has 2 aromatic heterocycles. The number of amides is 1. The molecule has 2 saturated heterocycles. The molecule has 1 amide bonds. The summed E-state index contributed by atoms with van der Waals surface area (Å²) in [5, 5.41) is 4.14. The number of nitrogens with zero attached hydrogens (tertiary/aromatic N) is 3. The summed E-state index contributed by atoms with van der Waals surface area (Å²) < 4.78 is 6.95. The first-order chi connectivity index (χ1) is 11.0. The van der Waals surface area contributed by atoms with Crippen molar-refractivity contribution >= 4 is 11.6 Å². The van der Waals surface area contributed by atoms with Gasteiger partial charge in [0.1, 0.15) is 6.10 Å². The summed E-state index contributed by atoms with van der Waals surface area (Å²) in [4.78, 5) is 34.1. The monoisotopic (exact) mass is 318 g/mol. The van der Waals surface area contributed by atoms with Crippen LogP contribution < -0.4 is 5.56 Å². The van der Waals surface area contributed by atoms with Crippen LogP contribution >= 0.6 is 0 Å². The summed E-state index contributed by atoms with van der Waals surface area (Å²) in [7, 11) is 0. The Balaban J connectivity index is 1.60. The number of aryl methyl sites for hydroxylation is 2. The molecule has 2 aliphatic rings. The number of hydrogen-bond acceptors (Lipinski definition) is 5. The van der Waals surface area contributed by atoms with Gasteiger partial charge in [-0.25, -0.2) is 14.6 Å². The molecule has 2 fully saturated rings. The van der Waals surface area contributed by atoms with Crippen molar-refractivity contribution in [2.45, 2.75) is 26.4 Å². The van der Waals surface area contributed by atoms with Gasteiger partial charge < -0.3 is 4.74 Å². The zero-order valence-corrected chi connectivity index (χ0v) is 13.0. The van der Waals surface area contributed by atoms with Gasteiger partial charge in [-0.3, -0.25) is 19.5 Å². The maximum Gasteiger partial charge on any atom is 0.266 e. The lowest BCUT2D eigenvalue weighted by Crippen LogP contribution is -2.31. The van der Waals surface area contributed by atoms with Crippen LogP contribution in [0, 0.1) is 19.8 Å². The van der Waals surface area contributed by atoms with E-state index in [0.29, 0.717) is 25.4 Å². The van der Waals surface area contributed by atoms with Gasteiger partial charge in [-0.2, -0.15) is 0 Å². The van der Waals surface area contributed by atoms with Gasteiger partial charge in [-0.05, 0) is 13.8 Å². The van der Waals surface area contributed by atoms with Crippen molar-refractivity contribution in [3.63, 3.8) is 0 Å². The highest BCUT2D eigenvalue weighted by atomic mass is 16.7. The molecule has 2 aliphatic heterocycles. The second-order valence-corrected chi connectivity index (χ2v) is 6.15. The molecule has 0 aromatic carbocycles. The third-order valence-electron chi connectivity index (χ3n) is 4.61. The molecular formula is C15H18N4O4. The third-order valence-corrected chi connectivity index (χ3v) is 4.61. The first-order valence-electron chi connectivity index (χ1n) is 7.65. The highest BCUT2D eigenvalue weighted by molar-refractivity contribution is 5.78. The number of rotatable bonds is 2. The quantitative estimate of drug-likeness (QED) is 0.840. The average molecular weight is 318 g/mol. The number of carbonyl (C=O) groups is 1. The molecule has 8 heteroatoms. The number of H-pyrrole nitrogens is 1. The second kappa shape index (κ2) is 5.17. The van der Waals surface area contributed by atoms with E-state index in [1.165, 1.54) is 11.1 Å². The number of fused-ring (bicyclic) bond motifs is 2. The number of hydroxylamine groups is 2. The van der Waals surface area contributed by atoms with Gasteiger partial charge in [-0.15, -0.1) is 0 Å². The van der Waals surface area contributed by atoms with Gasteiger partial charge in [-0.1, -0.05) is 0 Å². The van der Waals surface area contributed by atoms with Crippen LogP contribution in [0.15, 0.2) is 10.9 Å². The predicted molar refractivity (Wildman–Crippen MR) is 79.9 cm³/mol. The minimum Gasteiger partial charge on any atom is -0.378 e. The minimum absolute atomic E-state index is 0.0115. The van der Waals surface area contributed by atoms with Crippen LogP contribution in [0.4, 0.5) is 0 Å². The number of nitrogens with one attached hydrogen (secondary N) is 1. The number of aromatic amines is 1. The highest BCUT2D eigenvalue weighted by Gasteiger charge is 2.40. The van der Waals surface area contributed by atoms with Crippen LogP contribution in [0.1, 0.15) is 17.0 Å². The fourth-order valence-electron chi connectivity index (χ4n) is 3.30. The third kappa shape index (κ3) is 2.34. The Morgan fingerprint density at radius 1 is 1.43 bits per heavy atom. The standard InChI is InChI=1S/C15H18N4O4/c1-8-11(9(2)19-13(16-8)4-14(20)17-19)3-15(21)18-5-10-6-22-7-12(10)23-18/h4,10,12H,3,5-7H2,1-2H3,(H,17,20)/t10-,12+/m1/s1. The van der Waals surface area contributed by atoms with E-state index in [4.69, 9.17) is 9.57 Å². The molecule has 0 spiro atoms. The van der Waals surface area contributed by atoms with Gasteiger partial charge in [0, 0.05) is 28.9 Å². The number of carbonyl (C=O) groups excluding carboxylic acids is 1. The Labute approximate surface area is 131 Å². The largest absolute Gasteiger partial charge is 0.378 e. The Hall–Kier alpha value is -2.19. The molecule has 0 saturated carbocycles. The van der Waals surface area contributed by atoms with Crippen molar-refractivity contribution in [1.29, 1.82) is 0 Å². The van der Waals surface area contributed by atoms with E-state index in [1.54, 1.807) is 4.52 Å². The van der Waals surface area contributed by atoms with Gasteiger partial charge in [0.15, 0.2) is 5.65 Å². The second-order valence-electron chi connectivity index (χ2n) is 6.15. The number of aromatic nitrogens is 3. The van der Waals surface area contributed by atoms with E-state index in [2.05, 4.69) is 10.1 Å². The fourth-order valence-corrected chi connectivity index (χ4v) is 3.30. The average Bonchev–Trinajstić information content (AvgIpc) is 3.16. The van der Waals surface area contributed by atoms with Crippen LogP contribution in [0.2, 0.25) is 0 Å². The zero-order chi connectivity index (χ0) is 16.1. The lowest BCUT2D eigenvalue weighted by Gasteiger charge is -2.18. The maximum absolute atomic E-state index is 12.5. The summed E-state index contributed by atoms with van der Waals surface area (Å²) in [6, 6.07) is 1.44. The normalized spacial score (nSPS) is 23.7. The van der Waals surface area contributed by atoms with Crippen molar-refractivity contribution in [2.75, 3.05) is 19.8 Å². The lowest BCUT2D eigenvalue weighted by molar-refractivity contribution is -0.182. The first-order valence-corrected chi connectivity index (χ1v) is 7.65. The van der Waals surface area contributed by atoms with Crippen LogP contribution in [0.25, 0.3) is 5.65 Å². The Morgan fingerprint density at radius 2 is 2.26 bits per heavy atom. The van der Waals surface area contributed by atoms with Crippen LogP contribution in [0.3, 0.4) is 0 Å². The Kier molecular flexibility index (Phi) is 3.24. The summed E-state index contributed by atoms with van der Waals surface area (Å²) in [6.07, 6.45) is 0.184. The Bertz CT molecular complexity index is 828. The van der Waals surface area contributed by atoms with Crippen LogP contribution in [-0.4, -0.2) is 51.4 Å². The first kappa shape index (κ1) is 14.4. The van der Waals surface area contributed by atoms with E-state index in [1.807, 2.05) is 13.8 Å². The molecule has 0 radical (unpaired) electrons. The topological polar surface area (TPSA) is 88.9 Å². The smallest absolute Gasteiger partial charge is 0.266 e. The lowest BCUT2D eigenvalue weighted by atomic mass is 10.1.